The lowest BCUT2D eigenvalue weighted by Crippen LogP contribution is -2.07. The van der Waals surface area contributed by atoms with E-state index in [1.807, 2.05) is 13.0 Å². The SMILES string of the molecule is CCCCCCOc1cc(C)ccc1CNc1cc(C)nc(N)n1. The fraction of sp³-hybridized carbons (Fsp3) is 0.474. The van der Waals surface area contributed by atoms with Gasteiger partial charge in [-0.3, -0.25) is 0 Å². The van der Waals surface area contributed by atoms with Gasteiger partial charge in [-0.15, -0.1) is 0 Å². The van der Waals surface area contributed by atoms with Crippen LogP contribution < -0.4 is 15.8 Å². The first-order valence-electron chi connectivity index (χ1n) is 8.66. The van der Waals surface area contributed by atoms with Crippen LogP contribution in [0.1, 0.15) is 49.4 Å². The van der Waals surface area contributed by atoms with E-state index in [1.165, 1.54) is 24.8 Å². The average molecular weight is 328 g/mol. The summed E-state index contributed by atoms with van der Waals surface area (Å²) >= 11 is 0. The Hall–Kier alpha value is -2.30. The number of ether oxygens (including phenoxy) is 1. The van der Waals surface area contributed by atoms with Crippen molar-refractivity contribution in [3.05, 3.63) is 41.1 Å². The lowest BCUT2D eigenvalue weighted by atomic mass is 10.1. The van der Waals surface area contributed by atoms with Crippen LogP contribution in [0.4, 0.5) is 11.8 Å². The van der Waals surface area contributed by atoms with Gasteiger partial charge in [0.1, 0.15) is 11.6 Å². The van der Waals surface area contributed by atoms with Gasteiger partial charge in [0.05, 0.1) is 6.61 Å². The molecule has 0 radical (unpaired) electrons. The van der Waals surface area contributed by atoms with Crippen molar-refractivity contribution in [2.45, 2.75) is 53.0 Å². The van der Waals surface area contributed by atoms with Crippen LogP contribution in [0.25, 0.3) is 0 Å². The zero-order valence-corrected chi connectivity index (χ0v) is 14.9. The fourth-order valence-corrected chi connectivity index (χ4v) is 2.52. The fourth-order valence-electron chi connectivity index (χ4n) is 2.52. The van der Waals surface area contributed by atoms with Crippen LogP contribution in [0.3, 0.4) is 0 Å². The molecule has 0 aliphatic heterocycles. The number of aryl methyl sites for hydroxylation is 2. The van der Waals surface area contributed by atoms with Gasteiger partial charge in [0.25, 0.3) is 0 Å². The lowest BCUT2D eigenvalue weighted by Gasteiger charge is -2.14. The minimum absolute atomic E-state index is 0.286. The van der Waals surface area contributed by atoms with Crippen molar-refractivity contribution in [3.8, 4) is 5.75 Å². The van der Waals surface area contributed by atoms with Gasteiger partial charge in [-0.25, -0.2) is 4.98 Å². The highest BCUT2D eigenvalue weighted by atomic mass is 16.5. The molecule has 2 rings (SSSR count). The summed E-state index contributed by atoms with van der Waals surface area (Å²) in [6.45, 7) is 7.60. The van der Waals surface area contributed by atoms with Crippen LogP contribution in [0, 0.1) is 13.8 Å². The first kappa shape index (κ1) is 18.0. The molecule has 0 bridgehead atoms. The molecule has 0 aliphatic carbocycles. The van der Waals surface area contributed by atoms with Crippen LogP contribution in [-0.2, 0) is 6.54 Å². The molecule has 1 aromatic heterocycles. The quantitative estimate of drug-likeness (QED) is 0.673. The summed E-state index contributed by atoms with van der Waals surface area (Å²) in [4.78, 5) is 8.29. The number of rotatable bonds is 9. The molecule has 0 atom stereocenters. The first-order chi connectivity index (χ1) is 11.6. The molecule has 0 fully saturated rings. The van der Waals surface area contributed by atoms with Crippen LogP contribution in [-0.4, -0.2) is 16.6 Å². The van der Waals surface area contributed by atoms with Gasteiger partial charge in [0, 0.05) is 23.9 Å². The van der Waals surface area contributed by atoms with Crippen molar-refractivity contribution in [2.24, 2.45) is 0 Å². The molecule has 130 valence electrons. The van der Waals surface area contributed by atoms with Crippen molar-refractivity contribution < 1.29 is 4.74 Å². The topological polar surface area (TPSA) is 73.1 Å². The second-order valence-electron chi connectivity index (χ2n) is 6.13. The van der Waals surface area contributed by atoms with Gasteiger partial charge >= 0.3 is 0 Å². The number of aromatic nitrogens is 2. The van der Waals surface area contributed by atoms with Crippen molar-refractivity contribution in [3.63, 3.8) is 0 Å². The summed E-state index contributed by atoms with van der Waals surface area (Å²) < 4.78 is 6.00. The maximum atomic E-state index is 6.00. The summed E-state index contributed by atoms with van der Waals surface area (Å²) in [7, 11) is 0. The molecule has 1 aromatic carbocycles. The third-order valence-corrected chi connectivity index (χ3v) is 3.81. The number of nitrogens with one attached hydrogen (secondary N) is 1. The van der Waals surface area contributed by atoms with E-state index in [2.05, 4.69) is 47.3 Å². The molecule has 0 spiro atoms. The molecular formula is C19H28N4O. The monoisotopic (exact) mass is 328 g/mol. The van der Waals surface area contributed by atoms with Gasteiger partial charge in [-0.2, -0.15) is 4.98 Å². The number of hydrogen-bond donors (Lipinski definition) is 2. The number of benzene rings is 1. The molecule has 2 aromatic rings. The second kappa shape index (κ2) is 9.11. The van der Waals surface area contributed by atoms with E-state index in [-0.39, 0.29) is 5.95 Å². The predicted octanol–water partition coefficient (Wildman–Crippen LogP) is 4.25. The minimum Gasteiger partial charge on any atom is -0.493 e. The van der Waals surface area contributed by atoms with Gasteiger partial charge in [0.2, 0.25) is 5.95 Å². The van der Waals surface area contributed by atoms with Gasteiger partial charge < -0.3 is 15.8 Å². The Morgan fingerprint density at radius 2 is 1.92 bits per heavy atom. The van der Waals surface area contributed by atoms with E-state index >= 15 is 0 Å². The van der Waals surface area contributed by atoms with Crippen molar-refractivity contribution in [1.29, 1.82) is 0 Å². The third-order valence-electron chi connectivity index (χ3n) is 3.81. The number of unbranched alkanes of at least 4 members (excludes halogenated alkanes) is 3. The Morgan fingerprint density at radius 1 is 1.08 bits per heavy atom. The molecule has 0 amide bonds. The highest BCUT2D eigenvalue weighted by Crippen LogP contribution is 2.22. The first-order valence-corrected chi connectivity index (χ1v) is 8.66. The standard InChI is InChI=1S/C19H28N4O/c1-4-5-6-7-10-24-17-11-14(2)8-9-16(17)13-21-18-12-15(3)22-19(20)23-18/h8-9,11-12H,4-7,10,13H2,1-3H3,(H3,20,21,22,23). The number of hydrogen-bond acceptors (Lipinski definition) is 5. The Bertz CT molecular complexity index is 638. The number of nitrogen functional groups attached to an aromatic ring is 1. The number of anilines is 2. The molecule has 1 heterocycles. The van der Waals surface area contributed by atoms with Crippen LogP contribution in [0.5, 0.6) is 5.75 Å². The summed E-state index contributed by atoms with van der Waals surface area (Å²) in [5.74, 6) is 1.96. The molecule has 0 saturated heterocycles. The number of nitrogens with zero attached hydrogens (tertiary/aromatic N) is 2. The summed E-state index contributed by atoms with van der Waals surface area (Å²) in [6.07, 6.45) is 4.81. The van der Waals surface area contributed by atoms with E-state index in [4.69, 9.17) is 10.5 Å². The zero-order valence-electron chi connectivity index (χ0n) is 14.9. The molecule has 0 aliphatic rings. The van der Waals surface area contributed by atoms with Crippen LogP contribution in [0.15, 0.2) is 24.3 Å². The smallest absolute Gasteiger partial charge is 0.222 e. The predicted molar refractivity (Wildman–Crippen MR) is 99.3 cm³/mol. The summed E-state index contributed by atoms with van der Waals surface area (Å²) in [6, 6.07) is 8.17. The largest absolute Gasteiger partial charge is 0.493 e. The maximum Gasteiger partial charge on any atom is 0.222 e. The Morgan fingerprint density at radius 3 is 2.67 bits per heavy atom. The molecule has 24 heavy (non-hydrogen) atoms. The Labute approximate surface area is 144 Å². The lowest BCUT2D eigenvalue weighted by molar-refractivity contribution is 0.302. The van der Waals surface area contributed by atoms with E-state index in [1.54, 1.807) is 0 Å². The van der Waals surface area contributed by atoms with E-state index < -0.39 is 0 Å². The molecule has 5 nitrogen and oxygen atoms in total. The van der Waals surface area contributed by atoms with Gasteiger partial charge in [0.15, 0.2) is 0 Å². The Balaban J connectivity index is 1.98. The third kappa shape index (κ3) is 5.72. The van der Waals surface area contributed by atoms with Crippen molar-refractivity contribution >= 4 is 11.8 Å². The zero-order chi connectivity index (χ0) is 17.4. The molecule has 0 unspecified atom stereocenters. The minimum atomic E-state index is 0.286. The van der Waals surface area contributed by atoms with Crippen LogP contribution in [0.2, 0.25) is 0 Å². The molecule has 3 N–H and O–H groups in total. The molecule has 5 heteroatoms. The van der Waals surface area contributed by atoms with E-state index in [0.717, 1.165) is 35.9 Å². The van der Waals surface area contributed by atoms with Gasteiger partial charge in [-0.1, -0.05) is 38.3 Å². The molecular weight excluding hydrogens is 300 g/mol. The summed E-state index contributed by atoms with van der Waals surface area (Å²) in [5, 5.41) is 3.30. The van der Waals surface area contributed by atoms with Crippen molar-refractivity contribution in [2.75, 3.05) is 17.7 Å². The maximum absolute atomic E-state index is 6.00. The van der Waals surface area contributed by atoms with Crippen LogP contribution >= 0.6 is 0 Å². The summed E-state index contributed by atoms with van der Waals surface area (Å²) in [5.41, 5.74) is 8.86. The Kier molecular flexibility index (Phi) is 6.85. The average Bonchev–Trinajstić information content (AvgIpc) is 2.53. The normalized spacial score (nSPS) is 10.6. The highest BCUT2D eigenvalue weighted by molar-refractivity contribution is 5.44. The highest BCUT2D eigenvalue weighted by Gasteiger charge is 2.06. The molecule has 0 saturated carbocycles. The number of nitrogens with two attached hydrogens (primary N) is 1. The van der Waals surface area contributed by atoms with Crippen molar-refractivity contribution in [1.82, 2.24) is 9.97 Å². The van der Waals surface area contributed by atoms with E-state index in [9.17, 15) is 0 Å². The van der Waals surface area contributed by atoms with E-state index in [0.29, 0.717) is 6.54 Å². The van der Waals surface area contributed by atoms with Gasteiger partial charge in [-0.05, 0) is 31.9 Å². The second-order valence-corrected chi connectivity index (χ2v) is 6.13.